The van der Waals surface area contributed by atoms with E-state index in [1.807, 2.05) is 36.0 Å². The van der Waals surface area contributed by atoms with Gasteiger partial charge < -0.3 is 19.3 Å². The number of halogens is 1. The molecule has 146 valence electrons. The summed E-state index contributed by atoms with van der Waals surface area (Å²) in [7, 11) is 1.93. The van der Waals surface area contributed by atoms with Crippen LogP contribution in [0.4, 0.5) is 5.95 Å². The molecule has 7 nitrogen and oxygen atoms in total. The molecular weight excluding hydrogens is 378 g/mol. The lowest BCUT2D eigenvalue weighted by Crippen LogP contribution is -2.42. The quantitative estimate of drug-likeness (QED) is 0.729. The van der Waals surface area contributed by atoms with E-state index in [-0.39, 0.29) is 6.10 Å². The second kappa shape index (κ2) is 6.90. The Kier molecular flexibility index (Phi) is 4.36. The summed E-state index contributed by atoms with van der Waals surface area (Å²) in [6, 6.07) is 7.34. The molecule has 2 aliphatic rings. The zero-order chi connectivity index (χ0) is 19.3. The van der Waals surface area contributed by atoms with Crippen LogP contribution in [-0.2, 0) is 7.05 Å². The van der Waals surface area contributed by atoms with Crippen molar-refractivity contribution in [3.05, 3.63) is 41.8 Å². The Morgan fingerprint density at radius 1 is 1.18 bits per heavy atom. The van der Waals surface area contributed by atoms with Gasteiger partial charge in [-0.2, -0.15) is 4.98 Å². The Morgan fingerprint density at radius 2 is 2.00 bits per heavy atom. The molecule has 0 spiro atoms. The molecule has 2 fully saturated rings. The SMILES string of the molecule is Cn1cnc2nc(N3C[C@H]4C[C@@H](Oc5cccc(Cl)c5)[C@H](O)C[C@H]4C3)ncc21. The minimum Gasteiger partial charge on any atom is -0.488 e. The van der Waals surface area contributed by atoms with E-state index in [0.717, 1.165) is 31.4 Å². The highest BCUT2D eigenvalue weighted by Gasteiger charge is 2.43. The summed E-state index contributed by atoms with van der Waals surface area (Å²) >= 11 is 6.05. The number of aromatic nitrogens is 4. The van der Waals surface area contributed by atoms with Gasteiger partial charge in [0.25, 0.3) is 0 Å². The third kappa shape index (κ3) is 3.18. The van der Waals surface area contributed by atoms with Crippen molar-refractivity contribution < 1.29 is 9.84 Å². The minimum atomic E-state index is -0.487. The van der Waals surface area contributed by atoms with Gasteiger partial charge in [0.2, 0.25) is 5.95 Å². The predicted molar refractivity (Wildman–Crippen MR) is 107 cm³/mol. The molecule has 5 rings (SSSR count). The number of aryl methyl sites for hydroxylation is 1. The van der Waals surface area contributed by atoms with Gasteiger partial charge in [-0.15, -0.1) is 0 Å². The standard InChI is InChI=1S/C20H22ClN5O2/c1-25-11-23-19-16(25)8-22-20(24-19)26-9-12-5-17(27)18(6-13(12)10-26)28-15-4-2-3-14(21)7-15/h2-4,7-8,11-13,17-18,27H,5-6,9-10H2,1H3/t12-,13+,17+,18+/m0/s1. The normalized spacial score (nSPS) is 27.2. The van der Waals surface area contributed by atoms with Gasteiger partial charge in [-0.3, -0.25) is 0 Å². The maximum Gasteiger partial charge on any atom is 0.227 e. The topological polar surface area (TPSA) is 76.3 Å². The number of fused-ring (bicyclic) bond motifs is 2. The monoisotopic (exact) mass is 399 g/mol. The van der Waals surface area contributed by atoms with Crippen molar-refractivity contribution in [2.24, 2.45) is 18.9 Å². The van der Waals surface area contributed by atoms with Crippen molar-refractivity contribution in [1.82, 2.24) is 19.5 Å². The number of aliphatic hydroxyl groups is 1. The third-order valence-electron chi connectivity index (χ3n) is 5.92. The summed E-state index contributed by atoms with van der Waals surface area (Å²) in [6.07, 6.45) is 4.39. The number of hydrogen-bond donors (Lipinski definition) is 1. The molecule has 1 saturated carbocycles. The molecule has 1 aromatic carbocycles. The first kappa shape index (κ1) is 17.7. The highest BCUT2D eigenvalue weighted by molar-refractivity contribution is 6.30. The summed E-state index contributed by atoms with van der Waals surface area (Å²) in [5.74, 6) is 2.27. The number of benzene rings is 1. The zero-order valence-electron chi connectivity index (χ0n) is 15.6. The first-order valence-electron chi connectivity index (χ1n) is 9.56. The molecule has 1 saturated heterocycles. The number of ether oxygens (including phenoxy) is 1. The van der Waals surface area contributed by atoms with E-state index in [9.17, 15) is 5.11 Å². The molecule has 8 heteroatoms. The van der Waals surface area contributed by atoms with Crippen LogP contribution in [0, 0.1) is 11.8 Å². The van der Waals surface area contributed by atoms with Crippen LogP contribution in [0.15, 0.2) is 36.8 Å². The van der Waals surface area contributed by atoms with Crippen molar-refractivity contribution in [3.63, 3.8) is 0 Å². The zero-order valence-corrected chi connectivity index (χ0v) is 16.3. The average molecular weight is 400 g/mol. The van der Waals surface area contributed by atoms with Crippen LogP contribution >= 0.6 is 11.6 Å². The summed E-state index contributed by atoms with van der Waals surface area (Å²) in [6.45, 7) is 1.72. The molecule has 3 aromatic rings. The molecule has 0 unspecified atom stereocenters. The summed E-state index contributed by atoms with van der Waals surface area (Å²) in [5, 5.41) is 11.3. The Balaban J connectivity index is 1.31. The lowest BCUT2D eigenvalue weighted by atomic mass is 9.78. The first-order valence-corrected chi connectivity index (χ1v) is 9.94. The summed E-state index contributed by atoms with van der Waals surface area (Å²) in [4.78, 5) is 15.7. The number of aliphatic hydroxyl groups excluding tert-OH is 1. The van der Waals surface area contributed by atoms with Crippen LogP contribution in [0.5, 0.6) is 5.75 Å². The molecule has 1 aliphatic heterocycles. The van der Waals surface area contributed by atoms with Gasteiger partial charge >= 0.3 is 0 Å². The third-order valence-corrected chi connectivity index (χ3v) is 6.16. The highest BCUT2D eigenvalue weighted by atomic mass is 35.5. The molecule has 0 amide bonds. The smallest absolute Gasteiger partial charge is 0.227 e. The van der Waals surface area contributed by atoms with Crippen LogP contribution in [0.3, 0.4) is 0 Å². The van der Waals surface area contributed by atoms with Gasteiger partial charge in [0, 0.05) is 25.2 Å². The molecule has 0 radical (unpaired) electrons. The van der Waals surface area contributed by atoms with Crippen molar-refractivity contribution >= 4 is 28.7 Å². The number of nitrogens with zero attached hydrogens (tertiary/aromatic N) is 5. The molecule has 28 heavy (non-hydrogen) atoms. The molecule has 1 aliphatic carbocycles. The van der Waals surface area contributed by atoms with Gasteiger partial charge in [0.15, 0.2) is 5.65 Å². The lowest BCUT2D eigenvalue weighted by molar-refractivity contribution is -0.0231. The van der Waals surface area contributed by atoms with Crippen LogP contribution < -0.4 is 9.64 Å². The Bertz CT molecular complexity index is 1010. The molecule has 1 N–H and O–H groups in total. The summed E-state index contributed by atoms with van der Waals surface area (Å²) in [5.41, 5.74) is 1.63. The van der Waals surface area contributed by atoms with Crippen molar-refractivity contribution in [2.45, 2.75) is 25.0 Å². The fourth-order valence-corrected chi connectivity index (χ4v) is 4.63. The van der Waals surface area contributed by atoms with Gasteiger partial charge in [-0.25, -0.2) is 9.97 Å². The predicted octanol–water partition coefficient (Wildman–Crippen LogP) is 2.67. The van der Waals surface area contributed by atoms with E-state index in [1.165, 1.54) is 0 Å². The lowest BCUT2D eigenvalue weighted by Gasteiger charge is -2.35. The molecule has 3 heterocycles. The molecule has 4 atom stereocenters. The number of anilines is 1. The average Bonchev–Trinajstić information content (AvgIpc) is 3.25. The first-order chi connectivity index (χ1) is 13.6. The van der Waals surface area contributed by atoms with E-state index >= 15 is 0 Å². The van der Waals surface area contributed by atoms with Gasteiger partial charge in [0.05, 0.1) is 18.6 Å². The number of imidazole rings is 1. The van der Waals surface area contributed by atoms with Crippen molar-refractivity contribution in [1.29, 1.82) is 0 Å². The molecule has 0 bridgehead atoms. The number of rotatable bonds is 3. The maximum atomic E-state index is 10.6. The number of hydrogen-bond acceptors (Lipinski definition) is 6. The van der Waals surface area contributed by atoms with E-state index in [0.29, 0.717) is 34.2 Å². The Hall–Kier alpha value is -2.38. The fraction of sp³-hybridized carbons (Fsp3) is 0.450. The Labute approximate surface area is 167 Å². The maximum absolute atomic E-state index is 10.6. The second-order valence-corrected chi connectivity index (χ2v) is 8.25. The van der Waals surface area contributed by atoms with E-state index < -0.39 is 6.10 Å². The van der Waals surface area contributed by atoms with Crippen LogP contribution in [0.25, 0.3) is 11.2 Å². The largest absolute Gasteiger partial charge is 0.488 e. The second-order valence-electron chi connectivity index (χ2n) is 7.81. The Morgan fingerprint density at radius 3 is 2.82 bits per heavy atom. The van der Waals surface area contributed by atoms with Crippen LogP contribution in [0.2, 0.25) is 5.02 Å². The van der Waals surface area contributed by atoms with Gasteiger partial charge in [0.1, 0.15) is 17.4 Å². The molecular formula is C20H22ClN5O2. The summed E-state index contributed by atoms with van der Waals surface area (Å²) < 4.78 is 7.97. The van der Waals surface area contributed by atoms with Crippen LogP contribution in [-0.4, -0.2) is 49.9 Å². The fourth-order valence-electron chi connectivity index (χ4n) is 4.45. The van der Waals surface area contributed by atoms with Gasteiger partial charge in [-0.05, 0) is 42.9 Å². The molecule has 2 aromatic heterocycles. The van der Waals surface area contributed by atoms with E-state index in [4.69, 9.17) is 16.3 Å². The van der Waals surface area contributed by atoms with Crippen molar-refractivity contribution in [2.75, 3.05) is 18.0 Å². The highest BCUT2D eigenvalue weighted by Crippen LogP contribution is 2.39. The van der Waals surface area contributed by atoms with Crippen molar-refractivity contribution in [3.8, 4) is 5.75 Å². The minimum absolute atomic E-state index is 0.223. The van der Waals surface area contributed by atoms with E-state index in [1.54, 1.807) is 12.4 Å². The van der Waals surface area contributed by atoms with E-state index in [2.05, 4.69) is 19.9 Å². The van der Waals surface area contributed by atoms with Gasteiger partial charge in [-0.1, -0.05) is 17.7 Å². The van der Waals surface area contributed by atoms with Crippen LogP contribution in [0.1, 0.15) is 12.8 Å².